The summed E-state index contributed by atoms with van der Waals surface area (Å²) in [6.45, 7) is 0. The number of hydrogen-bond acceptors (Lipinski definition) is 5. The Labute approximate surface area is 478 Å². The first-order valence-corrected chi connectivity index (χ1v) is 29.2. The Morgan fingerprint density at radius 2 is 0.790 bits per heavy atom. The highest BCUT2D eigenvalue weighted by Crippen LogP contribution is 2.64. The van der Waals surface area contributed by atoms with Crippen molar-refractivity contribution in [3.63, 3.8) is 0 Å². The molecule has 2 aliphatic carbocycles. The summed E-state index contributed by atoms with van der Waals surface area (Å²) in [6.07, 6.45) is 12.7. The topological polar surface area (TPSA) is 57.3 Å². The summed E-state index contributed by atoms with van der Waals surface area (Å²) < 4.78 is 0. The monoisotopic (exact) mass is 1050 g/mol. The number of anilines is 8. The minimum atomic E-state index is -0.0121. The molecule has 3 aliphatic rings. The van der Waals surface area contributed by atoms with Gasteiger partial charge < -0.3 is 14.7 Å². The standard InChI is InChI=1S/C76H65N5/c77-53-63-33-32-60(50-64(63)54-78)57-30-28-55(29-31-57)56-34-41-70(42-35-56)80(68-24-14-6-15-25-68)71-43-36-58(37-44-71)61-40-47-75-73(51-61)74-52-62(48-49-76(74,65-18-8-2-1-3-9-19-65)81(75)72-26-16-7-17-27-72)59-38-45-69(46-39-59)79(66-20-10-4-11-21-66)67-22-12-5-13-23-67/h4-7,10-17,20-47,50-51,62,65,74H,1-3,8-9,18-19,48-49,52H2. The van der Waals surface area contributed by atoms with Gasteiger partial charge in [0.1, 0.15) is 12.1 Å². The summed E-state index contributed by atoms with van der Waals surface area (Å²) in [5.41, 5.74) is 19.8. The number of fused-ring (bicyclic) bond motifs is 3. The molecule has 0 bridgehead atoms. The molecule has 1 heterocycles. The predicted octanol–water partition coefficient (Wildman–Crippen LogP) is 20.7. The molecule has 0 amide bonds. The third-order valence-corrected chi connectivity index (χ3v) is 18.0. The molecule has 3 atom stereocenters. The molecule has 2 saturated carbocycles. The van der Waals surface area contributed by atoms with Gasteiger partial charge in [-0.25, -0.2) is 0 Å². The average Bonchev–Trinajstić information content (AvgIpc) is 3.01. The first-order valence-electron chi connectivity index (χ1n) is 29.2. The zero-order valence-corrected chi connectivity index (χ0v) is 45.8. The minimum Gasteiger partial charge on any atom is -0.334 e. The first-order chi connectivity index (χ1) is 40.1. The molecule has 5 nitrogen and oxygen atoms in total. The molecule has 1 aliphatic heterocycles. The molecule has 0 N–H and O–H groups in total. The maximum Gasteiger partial charge on any atom is 0.101 e. The number of rotatable bonds is 12. The summed E-state index contributed by atoms with van der Waals surface area (Å²) in [7, 11) is 0. The Hall–Kier alpha value is -9.42. The first kappa shape index (κ1) is 51.0. The van der Waals surface area contributed by atoms with E-state index in [0.29, 0.717) is 28.9 Å². The molecule has 0 radical (unpaired) electrons. The van der Waals surface area contributed by atoms with E-state index in [1.54, 1.807) is 12.1 Å². The van der Waals surface area contributed by atoms with Gasteiger partial charge in [-0.1, -0.05) is 178 Å². The van der Waals surface area contributed by atoms with Gasteiger partial charge in [0.2, 0.25) is 0 Å². The molecule has 10 aromatic rings. The number of nitriles is 2. The van der Waals surface area contributed by atoms with Crippen LogP contribution in [0.5, 0.6) is 0 Å². The van der Waals surface area contributed by atoms with E-state index < -0.39 is 0 Å². The maximum absolute atomic E-state index is 9.62. The number of benzene rings is 10. The highest BCUT2D eigenvalue weighted by Gasteiger charge is 2.58. The van der Waals surface area contributed by atoms with Crippen LogP contribution in [0, 0.1) is 28.6 Å². The molecule has 5 heteroatoms. The molecule has 10 aromatic carbocycles. The van der Waals surface area contributed by atoms with Crippen LogP contribution in [0.3, 0.4) is 0 Å². The van der Waals surface area contributed by atoms with Gasteiger partial charge in [-0.2, -0.15) is 10.5 Å². The van der Waals surface area contributed by atoms with Gasteiger partial charge >= 0.3 is 0 Å². The fraction of sp³-hybridized carbons (Fsp3) is 0.184. The van der Waals surface area contributed by atoms with Crippen molar-refractivity contribution in [2.75, 3.05) is 14.7 Å². The van der Waals surface area contributed by atoms with Crippen LogP contribution < -0.4 is 14.7 Å². The van der Waals surface area contributed by atoms with Gasteiger partial charge in [-0.05, 0) is 198 Å². The van der Waals surface area contributed by atoms with Crippen molar-refractivity contribution >= 4 is 45.5 Å². The Kier molecular flexibility index (Phi) is 14.3. The van der Waals surface area contributed by atoms with Gasteiger partial charge in [0.15, 0.2) is 0 Å². The smallest absolute Gasteiger partial charge is 0.101 e. The van der Waals surface area contributed by atoms with Crippen molar-refractivity contribution in [3.8, 4) is 45.5 Å². The lowest BCUT2D eigenvalue weighted by atomic mass is 9.59. The summed E-state index contributed by atoms with van der Waals surface area (Å²) >= 11 is 0. The van der Waals surface area contributed by atoms with Gasteiger partial charge in [-0.3, -0.25) is 0 Å². The second-order valence-electron chi connectivity index (χ2n) is 22.4. The van der Waals surface area contributed by atoms with E-state index in [0.717, 1.165) is 63.5 Å². The summed E-state index contributed by atoms with van der Waals surface area (Å²) in [6, 6.07) is 96.7. The zero-order valence-electron chi connectivity index (χ0n) is 45.8. The zero-order chi connectivity index (χ0) is 54.5. The lowest BCUT2D eigenvalue weighted by molar-refractivity contribution is 0.138. The maximum atomic E-state index is 9.62. The van der Waals surface area contributed by atoms with Crippen LogP contribution in [0.1, 0.15) is 98.3 Å². The lowest BCUT2D eigenvalue weighted by Gasteiger charge is -2.53. The Bertz CT molecular complexity index is 3800. The lowest BCUT2D eigenvalue weighted by Crippen LogP contribution is -2.55. The number of nitrogens with zero attached hydrogens (tertiary/aromatic N) is 5. The van der Waals surface area contributed by atoms with Crippen molar-refractivity contribution in [3.05, 3.63) is 277 Å². The van der Waals surface area contributed by atoms with Gasteiger partial charge in [0, 0.05) is 51.4 Å². The average molecular weight is 1050 g/mol. The van der Waals surface area contributed by atoms with Crippen molar-refractivity contribution in [1.29, 1.82) is 10.5 Å². The summed E-state index contributed by atoms with van der Waals surface area (Å²) in [4.78, 5) is 7.58. The molecule has 2 fully saturated rings. The van der Waals surface area contributed by atoms with Crippen LogP contribution in [0.2, 0.25) is 0 Å². The fourth-order valence-electron chi connectivity index (χ4n) is 14.1. The second-order valence-corrected chi connectivity index (χ2v) is 22.4. The molecule has 0 saturated heterocycles. The van der Waals surface area contributed by atoms with Gasteiger partial charge in [0.05, 0.1) is 16.7 Å². The van der Waals surface area contributed by atoms with Gasteiger partial charge in [-0.15, -0.1) is 0 Å². The van der Waals surface area contributed by atoms with Gasteiger partial charge in [0.25, 0.3) is 0 Å². The van der Waals surface area contributed by atoms with Crippen LogP contribution in [0.25, 0.3) is 33.4 Å². The van der Waals surface area contributed by atoms with E-state index in [-0.39, 0.29) is 5.54 Å². The largest absolute Gasteiger partial charge is 0.334 e. The highest BCUT2D eigenvalue weighted by atomic mass is 15.3. The molecule has 0 aromatic heterocycles. The van der Waals surface area contributed by atoms with E-state index in [2.05, 4.69) is 263 Å². The fourth-order valence-corrected chi connectivity index (χ4v) is 14.1. The van der Waals surface area contributed by atoms with Crippen LogP contribution in [-0.4, -0.2) is 5.54 Å². The van der Waals surface area contributed by atoms with E-state index in [4.69, 9.17) is 0 Å². The van der Waals surface area contributed by atoms with E-state index in [9.17, 15) is 10.5 Å². The van der Waals surface area contributed by atoms with E-state index >= 15 is 0 Å². The number of hydrogen-bond donors (Lipinski definition) is 0. The SMILES string of the molecule is N#Cc1ccc(-c2ccc(-c3ccc(N(c4ccccc4)c4ccc(-c5ccc6c(c5)C5CC(c7ccc(N(c8ccccc8)c8ccccc8)cc7)CCC5(C5CCCCCCC5)N6c5ccccc5)cc4)cc3)cc2)cc1C#N. The van der Waals surface area contributed by atoms with Crippen molar-refractivity contribution in [2.45, 2.75) is 81.6 Å². The third-order valence-electron chi connectivity index (χ3n) is 18.0. The third kappa shape index (κ3) is 9.96. The van der Waals surface area contributed by atoms with Crippen LogP contribution in [-0.2, 0) is 0 Å². The van der Waals surface area contributed by atoms with E-state index in [1.807, 2.05) is 6.07 Å². The molecule has 0 spiro atoms. The highest BCUT2D eigenvalue weighted by molar-refractivity contribution is 5.83. The minimum absolute atomic E-state index is 0.0121. The van der Waals surface area contributed by atoms with Crippen molar-refractivity contribution < 1.29 is 0 Å². The summed E-state index contributed by atoms with van der Waals surface area (Å²) in [5.74, 6) is 1.41. The Balaban J connectivity index is 0.828. The quantitative estimate of drug-likeness (QED) is 0.122. The van der Waals surface area contributed by atoms with Crippen LogP contribution in [0.15, 0.2) is 255 Å². The van der Waals surface area contributed by atoms with Crippen molar-refractivity contribution in [1.82, 2.24) is 0 Å². The Morgan fingerprint density at radius 3 is 1.30 bits per heavy atom. The molecule has 81 heavy (non-hydrogen) atoms. The molecule has 13 rings (SSSR count). The summed E-state index contributed by atoms with van der Waals surface area (Å²) in [5, 5.41) is 19.0. The van der Waals surface area contributed by atoms with Crippen LogP contribution >= 0.6 is 0 Å². The number of para-hydroxylation sites is 4. The molecular weight excluding hydrogens is 983 g/mol. The van der Waals surface area contributed by atoms with Crippen LogP contribution in [0.4, 0.5) is 45.5 Å². The second kappa shape index (κ2) is 22.7. The normalized spacial score (nSPS) is 17.8. The molecule has 394 valence electrons. The van der Waals surface area contributed by atoms with E-state index in [1.165, 1.54) is 90.7 Å². The molecule has 3 unspecified atom stereocenters. The Morgan fingerprint density at radius 1 is 0.383 bits per heavy atom. The van der Waals surface area contributed by atoms with Crippen molar-refractivity contribution in [2.24, 2.45) is 5.92 Å². The molecular formula is C76H65N5. The predicted molar refractivity (Wildman–Crippen MR) is 334 cm³/mol.